The molecule has 3 heteroatoms. The highest BCUT2D eigenvalue weighted by molar-refractivity contribution is 6.05. The monoisotopic (exact) mass is 330 g/mol. The molecular weight excluding hydrogens is 308 g/mol. The van der Waals surface area contributed by atoms with Crippen molar-refractivity contribution in [3.05, 3.63) is 70.8 Å². The van der Waals surface area contributed by atoms with Crippen molar-refractivity contribution in [2.75, 3.05) is 23.9 Å². The molecule has 0 aliphatic carbocycles. The summed E-state index contributed by atoms with van der Waals surface area (Å²) in [6.45, 7) is 3.76. The Morgan fingerprint density at radius 1 is 0.880 bits per heavy atom. The van der Waals surface area contributed by atoms with Crippen molar-refractivity contribution in [1.29, 1.82) is 0 Å². The minimum absolute atomic E-state index is 0.765. The van der Waals surface area contributed by atoms with E-state index in [1.165, 1.54) is 28.1 Å². The van der Waals surface area contributed by atoms with Gasteiger partial charge in [-0.05, 0) is 35.6 Å². The first-order chi connectivity index (χ1) is 12.1. The van der Waals surface area contributed by atoms with Crippen LogP contribution in [0.1, 0.15) is 27.0 Å². The minimum Gasteiger partial charge on any atom is -0.370 e. The van der Waals surface area contributed by atoms with Crippen molar-refractivity contribution in [2.24, 2.45) is 0 Å². The predicted octanol–water partition coefficient (Wildman–Crippen LogP) is 4.55. The molecule has 3 aromatic carbocycles. The van der Waals surface area contributed by atoms with Crippen LogP contribution in [0.15, 0.2) is 48.5 Å². The Morgan fingerprint density at radius 3 is 2.36 bits per heavy atom. The molecule has 0 amide bonds. The van der Waals surface area contributed by atoms with Crippen LogP contribution in [0.4, 0.5) is 11.4 Å². The van der Waals surface area contributed by atoms with Crippen LogP contribution in [0.5, 0.6) is 0 Å². The van der Waals surface area contributed by atoms with E-state index in [9.17, 15) is 4.79 Å². The zero-order chi connectivity index (χ0) is 17.6. The van der Waals surface area contributed by atoms with Gasteiger partial charge in [-0.3, -0.25) is 4.79 Å². The third-order valence-corrected chi connectivity index (χ3v) is 5.10. The van der Waals surface area contributed by atoms with Crippen molar-refractivity contribution < 1.29 is 4.79 Å². The van der Waals surface area contributed by atoms with Gasteiger partial charge in [0, 0.05) is 49.5 Å². The number of carbonyl (C=O) groups is 1. The molecule has 3 aromatic rings. The third kappa shape index (κ3) is 2.56. The van der Waals surface area contributed by atoms with Crippen molar-refractivity contribution >= 4 is 28.4 Å². The van der Waals surface area contributed by atoms with E-state index >= 15 is 0 Å². The lowest BCUT2D eigenvalue weighted by Crippen LogP contribution is -2.27. The lowest BCUT2D eigenvalue weighted by molar-refractivity contribution is 0.112. The fourth-order valence-corrected chi connectivity index (χ4v) is 4.01. The summed E-state index contributed by atoms with van der Waals surface area (Å²) in [4.78, 5) is 16.2. The van der Waals surface area contributed by atoms with E-state index < -0.39 is 0 Å². The van der Waals surface area contributed by atoms with E-state index in [0.29, 0.717) is 0 Å². The first kappa shape index (κ1) is 15.7. The van der Waals surface area contributed by atoms with Gasteiger partial charge in [0.1, 0.15) is 0 Å². The molecule has 4 rings (SSSR count). The molecule has 3 nitrogen and oxygen atoms in total. The second kappa shape index (κ2) is 5.92. The molecule has 0 saturated carbocycles. The number of benzene rings is 3. The number of fused-ring (bicyclic) bond motifs is 4. The van der Waals surface area contributed by atoms with Crippen LogP contribution in [0, 0.1) is 6.92 Å². The Kier molecular flexibility index (Phi) is 3.72. The first-order valence-electron chi connectivity index (χ1n) is 8.60. The summed E-state index contributed by atoms with van der Waals surface area (Å²) in [6, 6.07) is 16.9. The second-order valence-electron chi connectivity index (χ2n) is 6.98. The Labute approximate surface area is 148 Å². The van der Waals surface area contributed by atoms with Crippen molar-refractivity contribution in [3.63, 3.8) is 0 Å². The summed E-state index contributed by atoms with van der Waals surface area (Å²) in [5.41, 5.74) is 7.05. The van der Waals surface area contributed by atoms with Crippen molar-refractivity contribution in [1.82, 2.24) is 0 Å². The third-order valence-electron chi connectivity index (χ3n) is 5.10. The van der Waals surface area contributed by atoms with Crippen molar-refractivity contribution in [2.45, 2.75) is 20.0 Å². The van der Waals surface area contributed by atoms with Crippen molar-refractivity contribution in [3.8, 4) is 0 Å². The number of carbonyl (C=O) groups excluding carboxylic acids is 1. The van der Waals surface area contributed by atoms with Crippen LogP contribution in [0.3, 0.4) is 0 Å². The summed E-state index contributed by atoms with van der Waals surface area (Å²) in [6.07, 6.45) is 0.971. The molecule has 0 aromatic heterocycles. The van der Waals surface area contributed by atoms with E-state index in [0.717, 1.165) is 35.7 Å². The topological polar surface area (TPSA) is 23.6 Å². The van der Waals surface area contributed by atoms with Gasteiger partial charge in [-0.2, -0.15) is 0 Å². The molecule has 0 unspecified atom stereocenters. The normalized spacial score (nSPS) is 13.9. The number of aryl methyl sites for hydroxylation is 1. The maximum absolute atomic E-state index is 11.6. The average Bonchev–Trinajstić information content (AvgIpc) is 2.59. The van der Waals surface area contributed by atoms with Crippen LogP contribution in [-0.4, -0.2) is 20.4 Å². The molecule has 0 N–H and O–H groups in total. The van der Waals surface area contributed by atoms with E-state index in [4.69, 9.17) is 0 Å². The number of anilines is 2. The molecule has 0 saturated heterocycles. The zero-order valence-corrected chi connectivity index (χ0v) is 14.9. The number of rotatable bonds is 1. The number of aldehydes is 1. The molecule has 25 heavy (non-hydrogen) atoms. The van der Waals surface area contributed by atoms with Gasteiger partial charge in [-0.1, -0.05) is 42.0 Å². The molecule has 1 aliphatic rings. The molecule has 1 aliphatic heterocycles. The molecule has 1 heterocycles. The summed E-state index contributed by atoms with van der Waals surface area (Å²) in [7, 11) is 4.27. The number of hydrogen-bond donors (Lipinski definition) is 0. The predicted molar refractivity (Wildman–Crippen MR) is 105 cm³/mol. The maximum Gasteiger partial charge on any atom is 0.150 e. The first-order valence-corrected chi connectivity index (χ1v) is 8.60. The average molecular weight is 330 g/mol. The fourth-order valence-electron chi connectivity index (χ4n) is 4.01. The highest BCUT2D eigenvalue weighted by atomic mass is 16.1. The molecular formula is C22H22N2O. The fraction of sp³-hybridized carbons (Fsp3) is 0.227. The van der Waals surface area contributed by atoms with E-state index in [-0.39, 0.29) is 0 Å². The van der Waals surface area contributed by atoms with Gasteiger partial charge in [0.05, 0.1) is 0 Å². The van der Waals surface area contributed by atoms with Gasteiger partial charge in [-0.25, -0.2) is 0 Å². The molecule has 126 valence electrons. The summed E-state index contributed by atoms with van der Waals surface area (Å²) in [5, 5.41) is 2.17. The maximum atomic E-state index is 11.6. The van der Waals surface area contributed by atoms with E-state index in [2.05, 4.69) is 61.2 Å². The van der Waals surface area contributed by atoms with Gasteiger partial charge in [0.25, 0.3) is 0 Å². The Hall–Kier alpha value is -2.81. The summed E-state index contributed by atoms with van der Waals surface area (Å²) >= 11 is 0. The zero-order valence-electron chi connectivity index (χ0n) is 14.9. The van der Waals surface area contributed by atoms with Gasteiger partial charge >= 0.3 is 0 Å². The second-order valence-corrected chi connectivity index (χ2v) is 6.98. The van der Waals surface area contributed by atoms with Crippen LogP contribution < -0.4 is 9.80 Å². The molecule has 0 atom stereocenters. The van der Waals surface area contributed by atoms with Crippen LogP contribution in [0.2, 0.25) is 0 Å². The largest absolute Gasteiger partial charge is 0.370 e. The molecule has 0 bridgehead atoms. The Bertz CT molecular complexity index is 977. The van der Waals surface area contributed by atoms with Gasteiger partial charge in [-0.15, -0.1) is 0 Å². The highest BCUT2D eigenvalue weighted by Crippen LogP contribution is 2.37. The van der Waals surface area contributed by atoms with Gasteiger partial charge in [0.15, 0.2) is 6.29 Å². The molecule has 0 radical (unpaired) electrons. The summed E-state index contributed by atoms with van der Waals surface area (Å²) < 4.78 is 0. The Balaban J connectivity index is 1.97. The van der Waals surface area contributed by atoms with Crippen LogP contribution >= 0.6 is 0 Å². The minimum atomic E-state index is 0.765. The van der Waals surface area contributed by atoms with Gasteiger partial charge in [0.2, 0.25) is 0 Å². The highest BCUT2D eigenvalue weighted by Gasteiger charge is 2.21. The SMILES string of the molecule is Cc1ccc2c(c1)CN(C)c1c(cc(C=O)c3ccccc13)CN2C. The lowest BCUT2D eigenvalue weighted by atomic mass is 9.96. The van der Waals surface area contributed by atoms with Gasteiger partial charge < -0.3 is 9.80 Å². The van der Waals surface area contributed by atoms with Crippen LogP contribution in [0.25, 0.3) is 10.8 Å². The Morgan fingerprint density at radius 2 is 1.60 bits per heavy atom. The quantitative estimate of drug-likeness (QED) is 0.612. The molecule has 0 fully saturated rings. The van der Waals surface area contributed by atoms with E-state index in [1.54, 1.807) is 0 Å². The van der Waals surface area contributed by atoms with Crippen LogP contribution in [-0.2, 0) is 13.1 Å². The standard InChI is InChI=1S/C22H22N2O/c1-15-8-9-21-16(10-15)12-24(3)22-17(13-23(21)2)11-18(14-25)19-6-4-5-7-20(19)22/h4-11,14H,12-13H2,1-3H3. The number of nitrogens with zero attached hydrogens (tertiary/aromatic N) is 2. The summed E-state index contributed by atoms with van der Waals surface area (Å²) in [5.74, 6) is 0. The molecule has 0 spiro atoms. The van der Waals surface area contributed by atoms with E-state index in [1.807, 2.05) is 18.2 Å². The lowest BCUT2D eigenvalue weighted by Gasteiger charge is -2.33. The smallest absolute Gasteiger partial charge is 0.150 e. The number of hydrogen-bond acceptors (Lipinski definition) is 3.